The first-order chi connectivity index (χ1) is 7.83. The summed E-state index contributed by atoms with van der Waals surface area (Å²) in [5.41, 5.74) is 0. The summed E-state index contributed by atoms with van der Waals surface area (Å²) < 4.78 is 0. The SMILES string of the molecule is CC(NC1CC2CCC1C2)C1CCCNC1. The van der Waals surface area contributed by atoms with Crippen LogP contribution in [0.4, 0.5) is 0 Å². The van der Waals surface area contributed by atoms with Crippen molar-refractivity contribution in [3.8, 4) is 0 Å². The molecule has 92 valence electrons. The van der Waals surface area contributed by atoms with Crippen molar-refractivity contribution in [2.45, 2.75) is 57.5 Å². The number of nitrogens with one attached hydrogen (secondary N) is 2. The van der Waals surface area contributed by atoms with Crippen molar-refractivity contribution in [1.82, 2.24) is 10.6 Å². The minimum atomic E-state index is 0.720. The Hall–Kier alpha value is -0.0800. The summed E-state index contributed by atoms with van der Waals surface area (Å²) in [4.78, 5) is 0. The average Bonchev–Trinajstić information content (AvgIpc) is 2.92. The van der Waals surface area contributed by atoms with E-state index in [1.54, 1.807) is 0 Å². The minimum Gasteiger partial charge on any atom is -0.316 e. The summed E-state index contributed by atoms with van der Waals surface area (Å²) in [5.74, 6) is 2.95. The van der Waals surface area contributed by atoms with Gasteiger partial charge in [0, 0.05) is 12.1 Å². The molecule has 16 heavy (non-hydrogen) atoms. The van der Waals surface area contributed by atoms with E-state index in [9.17, 15) is 0 Å². The third-order valence-corrected chi connectivity index (χ3v) is 5.26. The van der Waals surface area contributed by atoms with Crippen LogP contribution in [0.5, 0.6) is 0 Å². The first-order valence-electron chi connectivity index (χ1n) is 7.29. The third kappa shape index (κ3) is 2.14. The summed E-state index contributed by atoms with van der Waals surface area (Å²) in [6, 6.07) is 1.58. The zero-order chi connectivity index (χ0) is 11.0. The number of hydrogen-bond donors (Lipinski definition) is 2. The van der Waals surface area contributed by atoms with Gasteiger partial charge in [-0.3, -0.25) is 0 Å². The Morgan fingerprint density at radius 1 is 1.19 bits per heavy atom. The van der Waals surface area contributed by atoms with Crippen LogP contribution in [0.3, 0.4) is 0 Å². The molecule has 2 saturated carbocycles. The molecule has 5 atom stereocenters. The van der Waals surface area contributed by atoms with Crippen LogP contribution in [-0.4, -0.2) is 25.2 Å². The second kappa shape index (κ2) is 4.66. The van der Waals surface area contributed by atoms with Crippen molar-refractivity contribution in [3.63, 3.8) is 0 Å². The molecule has 1 heterocycles. The van der Waals surface area contributed by atoms with Crippen LogP contribution >= 0.6 is 0 Å². The number of fused-ring (bicyclic) bond motifs is 2. The van der Waals surface area contributed by atoms with Crippen molar-refractivity contribution in [2.75, 3.05) is 13.1 Å². The highest BCUT2D eigenvalue weighted by atomic mass is 15.0. The second-order valence-corrected chi connectivity index (χ2v) is 6.34. The molecule has 1 saturated heterocycles. The van der Waals surface area contributed by atoms with Gasteiger partial charge in [0.05, 0.1) is 0 Å². The fourth-order valence-electron chi connectivity index (χ4n) is 4.23. The van der Waals surface area contributed by atoms with Gasteiger partial charge in [-0.05, 0) is 69.9 Å². The van der Waals surface area contributed by atoms with Gasteiger partial charge >= 0.3 is 0 Å². The Morgan fingerprint density at radius 3 is 2.75 bits per heavy atom. The van der Waals surface area contributed by atoms with Crippen LogP contribution in [0.2, 0.25) is 0 Å². The van der Waals surface area contributed by atoms with Gasteiger partial charge in [0.15, 0.2) is 0 Å². The summed E-state index contributed by atoms with van der Waals surface area (Å²) in [5, 5.41) is 7.47. The lowest BCUT2D eigenvalue weighted by Gasteiger charge is -2.33. The third-order valence-electron chi connectivity index (χ3n) is 5.26. The van der Waals surface area contributed by atoms with Gasteiger partial charge in [0.25, 0.3) is 0 Å². The van der Waals surface area contributed by atoms with Crippen molar-refractivity contribution in [2.24, 2.45) is 17.8 Å². The maximum absolute atomic E-state index is 3.94. The smallest absolute Gasteiger partial charge is 0.0101 e. The first kappa shape index (κ1) is 11.0. The van der Waals surface area contributed by atoms with Crippen LogP contribution in [0.15, 0.2) is 0 Å². The van der Waals surface area contributed by atoms with Crippen LogP contribution in [0.25, 0.3) is 0 Å². The van der Waals surface area contributed by atoms with E-state index in [1.807, 2.05) is 0 Å². The Balaban J connectivity index is 1.50. The van der Waals surface area contributed by atoms with E-state index in [4.69, 9.17) is 0 Å². The maximum atomic E-state index is 3.94. The van der Waals surface area contributed by atoms with E-state index in [0.29, 0.717) is 0 Å². The standard InChI is InChI=1S/C14H26N2/c1-10(13-3-2-6-15-9-13)16-14-8-11-4-5-12(14)7-11/h10-16H,2-9H2,1H3. The van der Waals surface area contributed by atoms with Crippen molar-refractivity contribution in [1.29, 1.82) is 0 Å². The Morgan fingerprint density at radius 2 is 2.12 bits per heavy atom. The summed E-state index contributed by atoms with van der Waals surface area (Å²) in [7, 11) is 0. The second-order valence-electron chi connectivity index (χ2n) is 6.34. The molecule has 1 aliphatic heterocycles. The van der Waals surface area contributed by atoms with Gasteiger partial charge in [0.2, 0.25) is 0 Å². The lowest BCUT2D eigenvalue weighted by Crippen LogP contribution is -2.47. The monoisotopic (exact) mass is 222 g/mol. The summed E-state index contributed by atoms with van der Waals surface area (Å²) in [6.45, 7) is 4.87. The fourth-order valence-corrected chi connectivity index (χ4v) is 4.23. The lowest BCUT2D eigenvalue weighted by atomic mass is 9.89. The van der Waals surface area contributed by atoms with Gasteiger partial charge in [-0.25, -0.2) is 0 Å². The predicted octanol–water partition coefficient (Wildman–Crippen LogP) is 2.15. The Bertz CT molecular complexity index is 235. The van der Waals surface area contributed by atoms with Crippen LogP contribution < -0.4 is 10.6 Å². The molecule has 2 heteroatoms. The fraction of sp³-hybridized carbons (Fsp3) is 1.00. The molecule has 0 radical (unpaired) electrons. The van der Waals surface area contributed by atoms with E-state index in [-0.39, 0.29) is 0 Å². The topological polar surface area (TPSA) is 24.1 Å². The van der Waals surface area contributed by atoms with Gasteiger partial charge in [-0.1, -0.05) is 6.42 Å². The molecule has 0 aromatic heterocycles. The molecule has 0 spiro atoms. The zero-order valence-electron chi connectivity index (χ0n) is 10.5. The molecule has 5 unspecified atom stereocenters. The van der Waals surface area contributed by atoms with Crippen LogP contribution in [0.1, 0.15) is 45.4 Å². The Kier molecular flexibility index (Phi) is 3.21. The molecular formula is C14H26N2. The predicted molar refractivity (Wildman–Crippen MR) is 67.4 cm³/mol. The average molecular weight is 222 g/mol. The van der Waals surface area contributed by atoms with Crippen LogP contribution in [0, 0.1) is 17.8 Å². The minimum absolute atomic E-state index is 0.720. The van der Waals surface area contributed by atoms with E-state index in [1.165, 1.54) is 51.6 Å². The van der Waals surface area contributed by atoms with Crippen molar-refractivity contribution in [3.05, 3.63) is 0 Å². The number of rotatable bonds is 3. The number of piperidine rings is 1. The number of hydrogen-bond acceptors (Lipinski definition) is 2. The van der Waals surface area contributed by atoms with Gasteiger partial charge in [-0.2, -0.15) is 0 Å². The van der Waals surface area contributed by atoms with Crippen LogP contribution in [-0.2, 0) is 0 Å². The molecule has 3 fully saturated rings. The normalized spacial score (nSPS) is 44.8. The van der Waals surface area contributed by atoms with Crippen molar-refractivity contribution < 1.29 is 0 Å². The highest BCUT2D eigenvalue weighted by Gasteiger charge is 2.40. The molecule has 0 aromatic carbocycles. The van der Waals surface area contributed by atoms with Crippen molar-refractivity contribution >= 4 is 0 Å². The quantitative estimate of drug-likeness (QED) is 0.764. The van der Waals surface area contributed by atoms with Gasteiger partial charge in [0.1, 0.15) is 0 Å². The molecule has 0 amide bonds. The lowest BCUT2D eigenvalue weighted by molar-refractivity contribution is 0.246. The molecule has 3 rings (SSSR count). The molecule has 2 nitrogen and oxygen atoms in total. The molecule has 3 aliphatic rings. The van der Waals surface area contributed by atoms with E-state index < -0.39 is 0 Å². The molecule has 0 aromatic rings. The van der Waals surface area contributed by atoms with Gasteiger partial charge in [-0.15, -0.1) is 0 Å². The summed E-state index contributed by atoms with van der Waals surface area (Å²) in [6.07, 6.45) is 8.79. The zero-order valence-corrected chi connectivity index (χ0v) is 10.5. The largest absolute Gasteiger partial charge is 0.316 e. The maximum Gasteiger partial charge on any atom is 0.0101 e. The molecule has 2 bridgehead atoms. The van der Waals surface area contributed by atoms with E-state index in [2.05, 4.69) is 17.6 Å². The first-order valence-corrected chi connectivity index (χ1v) is 7.29. The molecular weight excluding hydrogens is 196 g/mol. The summed E-state index contributed by atoms with van der Waals surface area (Å²) >= 11 is 0. The highest BCUT2D eigenvalue weighted by Crippen LogP contribution is 2.44. The molecule has 2 aliphatic carbocycles. The highest BCUT2D eigenvalue weighted by molar-refractivity contribution is 4.95. The Labute approximate surface area is 99.6 Å². The molecule has 2 N–H and O–H groups in total. The van der Waals surface area contributed by atoms with E-state index in [0.717, 1.165) is 29.8 Å². The van der Waals surface area contributed by atoms with Gasteiger partial charge < -0.3 is 10.6 Å². The van der Waals surface area contributed by atoms with E-state index >= 15 is 0 Å².